The molecule has 4 heteroatoms. The second-order valence-corrected chi connectivity index (χ2v) is 8.74. The van der Waals surface area contributed by atoms with Crippen molar-refractivity contribution in [3.63, 3.8) is 0 Å². The Bertz CT molecular complexity index is 1510. The van der Waals surface area contributed by atoms with Crippen LogP contribution in [-0.2, 0) is 6.42 Å². The molecular weight excluding hydrogens is 480 g/mol. The zero-order valence-corrected chi connectivity index (χ0v) is 22.2. The number of hydrogen-bond donors (Lipinski definition) is 1. The van der Waals surface area contributed by atoms with Gasteiger partial charge in [0.05, 0.1) is 25.5 Å². The Kier molecular flexibility index (Phi) is 9.72. The van der Waals surface area contributed by atoms with Crippen LogP contribution in [0, 0.1) is 0 Å². The van der Waals surface area contributed by atoms with E-state index >= 15 is 0 Å². The number of para-hydroxylation sites is 2. The zero-order valence-electron chi connectivity index (χ0n) is 22.2. The van der Waals surface area contributed by atoms with E-state index in [2.05, 4.69) is 41.2 Å². The Labute approximate surface area is 230 Å². The van der Waals surface area contributed by atoms with E-state index in [9.17, 15) is 0 Å². The van der Waals surface area contributed by atoms with Gasteiger partial charge in [-0.15, -0.1) is 0 Å². The first-order valence-corrected chi connectivity index (χ1v) is 12.7. The number of nitrogens with two attached hydrogens (primary N) is 1. The summed E-state index contributed by atoms with van der Waals surface area (Å²) in [6.45, 7) is 0. The number of benzene rings is 5. The summed E-state index contributed by atoms with van der Waals surface area (Å²) in [7, 11) is 3.36. The second-order valence-electron chi connectivity index (χ2n) is 8.74. The van der Waals surface area contributed by atoms with Gasteiger partial charge in [0.25, 0.3) is 0 Å². The topological polar surface area (TPSA) is 56.8 Å². The van der Waals surface area contributed by atoms with Crippen molar-refractivity contribution in [2.24, 2.45) is 4.99 Å². The van der Waals surface area contributed by atoms with Gasteiger partial charge < -0.3 is 15.2 Å². The average molecular weight is 513 g/mol. The van der Waals surface area contributed by atoms with Gasteiger partial charge in [-0.05, 0) is 52.9 Å². The highest BCUT2D eigenvalue weighted by molar-refractivity contribution is 6.01. The van der Waals surface area contributed by atoms with Crippen molar-refractivity contribution < 1.29 is 9.47 Å². The number of rotatable bonds is 7. The van der Waals surface area contributed by atoms with Crippen molar-refractivity contribution in [2.75, 3.05) is 20.0 Å². The van der Waals surface area contributed by atoms with Crippen LogP contribution in [-0.4, -0.2) is 20.1 Å². The van der Waals surface area contributed by atoms with E-state index in [1.165, 1.54) is 5.56 Å². The molecule has 0 bridgehead atoms. The third-order valence-corrected chi connectivity index (χ3v) is 6.02. The first-order chi connectivity index (χ1) is 19.2. The molecule has 0 saturated carbocycles. The van der Waals surface area contributed by atoms with E-state index in [0.717, 1.165) is 45.8 Å². The second kappa shape index (κ2) is 14.0. The fourth-order valence-electron chi connectivity index (χ4n) is 4.08. The van der Waals surface area contributed by atoms with Crippen LogP contribution < -0.4 is 15.2 Å². The lowest BCUT2D eigenvalue weighted by molar-refractivity contribution is 0.391. The maximum atomic E-state index is 5.77. The maximum Gasteiger partial charge on any atom is 0.131 e. The molecule has 194 valence electrons. The molecular formula is C35H32N2O2. The Hall–Kier alpha value is -5.05. The first kappa shape index (κ1) is 27.0. The molecule has 4 nitrogen and oxygen atoms in total. The summed E-state index contributed by atoms with van der Waals surface area (Å²) in [5.41, 5.74) is 12.1. The normalized spacial score (nSPS) is 9.90. The SMILES string of the molecule is COc1cc(OC)c(C(=C=Nc2ccccc2)c2ccccc2)cc1Cc1ccccc1.Nc1ccccc1. The molecule has 2 N–H and O–H groups in total. The van der Waals surface area contributed by atoms with Gasteiger partial charge in [-0.25, -0.2) is 4.99 Å². The van der Waals surface area contributed by atoms with Crippen molar-refractivity contribution >= 4 is 22.8 Å². The number of nitrogens with zero attached hydrogens (tertiary/aromatic N) is 1. The molecule has 0 aliphatic carbocycles. The third-order valence-electron chi connectivity index (χ3n) is 6.02. The number of hydrogen-bond acceptors (Lipinski definition) is 4. The minimum absolute atomic E-state index is 0.716. The Balaban J connectivity index is 0.000000438. The molecule has 39 heavy (non-hydrogen) atoms. The van der Waals surface area contributed by atoms with Crippen LogP contribution in [0.1, 0.15) is 22.3 Å². The molecule has 5 aromatic carbocycles. The molecule has 0 heterocycles. The highest BCUT2D eigenvalue weighted by Crippen LogP contribution is 2.36. The van der Waals surface area contributed by atoms with E-state index in [1.807, 2.05) is 103 Å². The number of anilines is 1. The molecule has 5 rings (SSSR count). The van der Waals surface area contributed by atoms with Gasteiger partial charge in [0.1, 0.15) is 11.5 Å². The molecule has 0 aliphatic rings. The van der Waals surface area contributed by atoms with Crippen LogP contribution in [0.5, 0.6) is 11.5 Å². The fraction of sp³-hybridized carbons (Fsp3) is 0.0857. The van der Waals surface area contributed by atoms with Gasteiger partial charge in [0.15, 0.2) is 0 Å². The number of aliphatic imine (C=N–C) groups is 1. The largest absolute Gasteiger partial charge is 0.496 e. The highest BCUT2D eigenvalue weighted by Gasteiger charge is 2.16. The van der Waals surface area contributed by atoms with Gasteiger partial charge in [-0.3, -0.25) is 0 Å². The van der Waals surface area contributed by atoms with E-state index in [1.54, 1.807) is 14.2 Å². The fourth-order valence-corrected chi connectivity index (χ4v) is 4.08. The van der Waals surface area contributed by atoms with Crippen LogP contribution in [0.4, 0.5) is 11.4 Å². The summed E-state index contributed by atoms with van der Waals surface area (Å²) in [5.74, 6) is 4.80. The molecule has 0 atom stereocenters. The summed E-state index contributed by atoms with van der Waals surface area (Å²) < 4.78 is 11.5. The number of ether oxygens (including phenoxy) is 2. The Morgan fingerprint density at radius 2 is 1.21 bits per heavy atom. The van der Waals surface area contributed by atoms with E-state index in [-0.39, 0.29) is 0 Å². The highest BCUT2D eigenvalue weighted by atomic mass is 16.5. The summed E-state index contributed by atoms with van der Waals surface area (Å²) in [5, 5.41) is 0. The average Bonchev–Trinajstić information content (AvgIpc) is 3.00. The zero-order chi connectivity index (χ0) is 27.3. The summed E-state index contributed by atoms with van der Waals surface area (Å²) in [6.07, 6.45) is 0.749. The van der Waals surface area contributed by atoms with Gasteiger partial charge >= 0.3 is 0 Å². The monoisotopic (exact) mass is 512 g/mol. The molecule has 0 radical (unpaired) electrons. The lowest BCUT2D eigenvalue weighted by Crippen LogP contribution is -2.00. The first-order valence-electron chi connectivity index (χ1n) is 12.7. The molecule has 0 amide bonds. The van der Waals surface area contributed by atoms with Gasteiger partial charge in [-0.2, -0.15) is 0 Å². The summed E-state index contributed by atoms with van der Waals surface area (Å²) >= 11 is 0. The Morgan fingerprint density at radius 3 is 1.74 bits per heavy atom. The van der Waals surface area contributed by atoms with Crippen LogP contribution in [0.15, 0.2) is 138 Å². The predicted octanol–water partition coefficient (Wildman–Crippen LogP) is 8.00. The lowest BCUT2D eigenvalue weighted by atomic mass is 9.94. The smallest absolute Gasteiger partial charge is 0.131 e. The Morgan fingerprint density at radius 1 is 0.667 bits per heavy atom. The van der Waals surface area contributed by atoms with E-state index in [4.69, 9.17) is 15.2 Å². The van der Waals surface area contributed by atoms with Crippen LogP contribution in [0.25, 0.3) is 5.57 Å². The van der Waals surface area contributed by atoms with Crippen molar-refractivity contribution in [1.29, 1.82) is 0 Å². The van der Waals surface area contributed by atoms with Crippen LogP contribution >= 0.6 is 0 Å². The van der Waals surface area contributed by atoms with Gasteiger partial charge in [0, 0.05) is 23.7 Å². The van der Waals surface area contributed by atoms with Gasteiger partial charge in [0.2, 0.25) is 0 Å². The van der Waals surface area contributed by atoms with E-state index < -0.39 is 0 Å². The van der Waals surface area contributed by atoms with Crippen LogP contribution in [0.2, 0.25) is 0 Å². The molecule has 0 fully saturated rings. The number of methoxy groups -OCH3 is 2. The molecule has 0 aliphatic heterocycles. The molecule has 5 aromatic rings. The maximum absolute atomic E-state index is 5.77. The summed E-state index contributed by atoms with van der Waals surface area (Å²) in [6, 6.07) is 43.9. The summed E-state index contributed by atoms with van der Waals surface area (Å²) in [4.78, 5) is 4.62. The molecule has 0 aromatic heterocycles. The molecule has 0 spiro atoms. The van der Waals surface area contributed by atoms with Gasteiger partial charge in [-0.1, -0.05) is 97.1 Å². The molecule has 0 saturated heterocycles. The van der Waals surface area contributed by atoms with Crippen molar-refractivity contribution in [2.45, 2.75) is 6.42 Å². The van der Waals surface area contributed by atoms with Crippen molar-refractivity contribution in [3.05, 3.63) is 156 Å². The standard InChI is InChI=1S/C29H25NO2.C6H7N/c1-31-28-20-29(32-2)26(19-24(28)18-22-12-6-3-7-13-22)27(23-14-8-4-9-15-23)21-30-25-16-10-5-11-17-25;7-6-4-2-1-3-5-6/h3-17,19-20H,18H2,1-2H3;1-5H,7H2. The molecule has 0 unspecified atom stereocenters. The quantitative estimate of drug-likeness (QED) is 0.178. The van der Waals surface area contributed by atoms with E-state index in [0.29, 0.717) is 5.75 Å². The minimum Gasteiger partial charge on any atom is -0.496 e. The van der Waals surface area contributed by atoms with Crippen LogP contribution in [0.3, 0.4) is 0 Å². The number of nitrogen functional groups attached to an aromatic ring is 1. The van der Waals surface area contributed by atoms with Crippen molar-refractivity contribution in [1.82, 2.24) is 0 Å². The lowest BCUT2D eigenvalue weighted by Gasteiger charge is -2.16. The minimum atomic E-state index is 0.716. The predicted molar refractivity (Wildman–Crippen MR) is 162 cm³/mol. The third kappa shape index (κ3) is 7.72. The van der Waals surface area contributed by atoms with Crippen molar-refractivity contribution in [3.8, 4) is 11.5 Å².